The molecule has 1 aromatic heterocycles. The first kappa shape index (κ1) is 18.0. The third-order valence-electron chi connectivity index (χ3n) is 3.06. The molecule has 2 N–H and O–H groups in total. The molecule has 0 saturated heterocycles. The minimum Gasteiger partial charge on any atom is -0.469 e. The van der Waals surface area contributed by atoms with Crippen LogP contribution >= 0.6 is 11.3 Å². The van der Waals surface area contributed by atoms with Crippen molar-refractivity contribution in [3.63, 3.8) is 0 Å². The number of ether oxygens (including phenoxy) is 1. The van der Waals surface area contributed by atoms with Crippen LogP contribution in [0.2, 0.25) is 0 Å². The molecule has 0 aliphatic rings. The van der Waals surface area contributed by atoms with Gasteiger partial charge >= 0.3 is 12.1 Å². The van der Waals surface area contributed by atoms with Gasteiger partial charge in [0.25, 0.3) is 0 Å². The molecular formula is C14H20F3NO2S. The Morgan fingerprint density at radius 2 is 2.10 bits per heavy atom. The zero-order valence-electron chi connectivity index (χ0n) is 11.9. The standard InChI is InChI=1S/C14H20F3NO2S/c1-20-13(19)6-2-4-10-7-8-12(21-10)11(18)5-3-9-14(15,16)17/h7-8,11H,2-6,9,18H2,1H3. The molecule has 0 amide bonds. The highest BCUT2D eigenvalue weighted by molar-refractivity contribution is 7.12. The molecule has 0 saturated carbocycles. The molecular weight excluding hydrogens is 303 g/mol. The van der Waals surface area contributed by atoms with E-state index >= 15 is 0 Å². The van der Waals surface area contributed by atoms with Crippen LogP contribution in [0.4, 0.5) is 13.2 Å². The molecule has 21 heavy (non-hydrogen) atoms. The molecule has 1 atom stereocenters. The maximum Gasteiger partial charge on any atom is 0.389 e. The predicted molar refractivity (Wildman–Crippen MR) is 76.1 cm³/mol. The van der Waals surface area contributed by atoms with Crippen molar-refractivity contribution in [2.24, 2.45) is 5.73 Å². The van der Waals surface area contributed by atoms with Gasteiger partial charge < -0.3 is 10.5 Å². The highest BCUT2D eigenvalue weighted by Crippen LogP contribution is 2.29. The Hall–Kier alpha value is -1.08. The number of alkyl halides is 3. The number of hydrogen-bond donors (Lipinski definition) is 1. The predicted octanol–water partition coefficient (Wildman–Crippen LogP) is 3.98. The smallest absolute Gasteiger partial charge is 0.389 e. The monoisotopic (exact) mass is 323 g/mol. The molecule has 1 aromatic rings. The van der Waals surface area contributed by atoms with Gasteiger partial charge in [0.2, 0.25) is 0 Å². The summed E-state index contributed by atoms with van der Waals surface area (Å²) in [5, 5.41) is 0. The molecule has 7 heteroatoms. The fourth-order valence-electron chi connectivity index (χ4n) is 1.90. The van der Waals surface area contributed by atoms with Crippen molar-refractivity contribution < 1.29 is 22.7 Å². The number of esters is 1. The molecule has 0 fully saturated rings. The van der Waals surface area contributed by atoms with Gasteiger partial charge in [-0.1, -0.05) is 0 Å². The van der Waals surface area contributed by atoms with Gasteiger partial charge in [-0.05, 0) is 37.8 Å². The lowest BCUT2D eigenvalue weighted by Crippen LogP contribution is -2.12. The van der Waals surface area contributed by atoms with Crippen LogP contribution in [0.5, 0.6) is 0 Å². The normalized spacial score (nSPS) is 13.2. The van der Waals surface area contributed by atoms with Crippen LogP contribution in [0.3, 0.4) is 0 Å². The third kappa shape index (κ3) is 7.47. The van der Waals surface area contributed by atoms with Crippen LogP contribution in [0, 0.1) is 0 Å². The van der Waals surface area contributed by atoms with Crippen molar-refractivity contribution in [2.75, 3.05) is 7.11 Å². The van der Waals surface area contributed by atoms with Crippen LogP contribution in [0.25, 0.3) is 0 Å². The van der Waals surface area contributed by atoms with Crippen LogP contribution in [0.15, 0.2) is 12.1 Å². The summed E-state index contributed by atoms with van der Waals surface area (Å²) in [5.74, 6) is -0.240. The maximum absolute atomic E-state index is 12.1. The number of carbonyl (C=O) groups excluding carboxylic acids is 1. The highest BCUT2D eigenvalue weighted by atomic mass is 32.1. The van der Waals surface area contributed by atoms with Crippen LogP contribution in [-0.2, 0) is 16.0 Å². The molecule has 1 unspecified atom stereocenters. The van der Waals surface area contributed by atoms with E-state index in [-0.39, 0.29) is 18.4 Å². The van der Waals surface area contributed by atoms with Crippen molar-refractivity contribution in [2.45, 2.75) is 50.7 Å². The Labute approximate surface area is 126 Å². The quantitative estimate of drug-likeness (QED) is 0.736. The molecule has 3 nitrogen and oxygen atoms in total. The Balaban J connectivity index is 2.34. The number of carbonyl (C=O) groups is 1. The fraction of sp³-hybridized carbons (Fsp3) is 0.643. The van der Waals surface area contributed by atoms with Crippen LogP contribution < -0.4 is 5.73 Å². The molecule has 0 bridgehead atoms. The SMILES string of the molecule is COC(=O)CCCc1ccc(C(N)CCCC(F)(F)F)s1. The molecule has 120 valence electrons. The van der Waals surface area contributed by atoms with Crippen molar-refractivity contribution in [1.82, 2.24) is 0 Å². The Morgan fingerprint density at radius 1 is 1.38 bits per heavy atom. The number of nitrogens with two attached hydrogens (primary N) is 1. The summed E-state index contributed by atoms with van der Waals surface area (Å²) < 4.78 is 40.8. The van der Waals surface area contributed by atoms with E-state index < -0.39 is 12.6 Å². The van der Waals surface area contributed by atoms with Crippen molar-refractivity contribution >= 4 is 17.3 Å². The van der Waals surface area contributed by atoms with Crippen molar-refractivity contribution in [3.8, 4) is 0 Å². The van der Waals surface area contributed by atoms with Gasteiger partial charge in [0.1, 0.15) is 0 Å². The summed E-state index contributed by atoms with van der Waals surface area (Å²) in [7, 11) is 1.35. The largest absolute Gasteiger partial charge is 0.469 e. The van der Waals surface area contributed by atoms with Gasteiger partial charge in [-0.3, -0.25) is 4.79 Å². The highest BCUT2D eigenvalue weighted by Gasteiger charge is 2.26. The number of methoxy groups -OCH3 is 1. The number of thiophene rings is 1. The van der Waals surface area contributed by atoms with E-state index in [0.717, 1.165) is 16.2 Å². The minimum atomic E-state index is -4.12. The first-order chi connectivity index (χ1) is 9.81. The summed E-state index contributed by atoms with van der Waals surface area (Å²) in [5.41, 5.74) is 5.91. The Morgan fingerprint density at radius 3 is 2.71 bits per heavy atom. The van der Waals surface area contributed by atoms with E-state index in [1.54, 1.807) is 0 Å². The molecule has 0 radical (unpaired) electrons. The molecule has 0 aliphatic heterocycles. The average molecular weight is 323 g/mol. The van der Waals surface area contributed by atoms with Gasteiger partial charge in [-0.25, -0.2) is 0 Å². The zero-order chi connectivity index (χ0) is 15.9. The summed E-state index contributed by atoms with van der Waals surface area (Å²) in [4.78, 5) is 13.0. The number of aryl methyl sites for hydroxylation is 1. The zero-order valence-corrected chi connectivity index (χ0v) is 12.7. The van der Waals surface area contributed by atoms with Crippen molar-refractivity contribution in [3.05, 3.63) is 21.9 Å². The molecule has 1 rings (SSSR count). The number of rotatable bonds is 8. The number of halogens is 3. The molecule has 1 heterocycles. The van der Waals surface area contributed by atoms with E-state index in [9.17, 15) is 18.0 Å². The number of hydrogen-bond acceptors (Lipinski definition) is 4. The van der Waals surface area contributed by atoms with E-state index in [4.69, 9.17) is 5.73 Å². The van der Waals surface area contributed by atoms with Gasteiger partial charge in [0, 0.05) is 28.6 Å². The molecule has 0 spiro atoms. The summed E-state index contributed by atoms with van der Waals surface area (Å²) >= 11 is 1.50. The molecule has 0 aliphatic carbocycles. The maximum atomic E-state index is 12.1. The van der Waals surface area contributed by atoms with E-state index in [1.807, 2.05) is 12.1 Å². The van der Waals surface area contributed by atoms with Gasteiger partial charge in [0.05, 0.1) is 7.11 Å². The van der Waals surface area contributed by atoms with E-state index in [2.05, 4.69) is 4.74 Å². The lowest BCUT2D eigenvalue weighted by Gasteiger charge is -2.10. The summed E-state index contributed by atoms with van der Waals surface area (Å²) in [6.45, 7) is 0. The topological polar surface area (TPSA) is 52.3 Å². The van der Waals surface area contributed by atoms with Gasteiger partial charge in [0.15, 0.2) is 0 Å². The first-order valence-corrected chi connectivity index (χ1v) is 7.61. The lowest BCUT2D eigenvalue weighted by atomic mass is 10.1. The van der Waals surface area contributed by atoms with E-state index in [1.165, 1.54) is 18.4 Å². The average Bonchev–Trinajstić information content (AvgIpc) is 2.85. The third-order valence-corrected chi connectivity index (χ3v) is 4.33. The second kappa shape index (κ2) is 8.38. The van der Waals surface area contributed by atoms with Crippen LogP contribution in [-0.4, -0.2) is 19.3 Å². The lowest BCUT2D eigenvalue weighted by molar-refractivity contribution is -0.140. The summed E-state index contributed by atoms with van der Waals surface area (Å²) in [6, 6.07) is 3.42. The van der Waals surface area contributed by atoms with E-state index in [0.29, 0.717) is 19.3 Å². The fourth-order valence-corrected chi connectivity index (χ4v) is 2.99. The van der Waals surface area contributed by atoms with Crippen LogP contribution in [0.1, 0.15) is 47.9 Å². The second-order valence-electron chi connectivity index (χ2n) is 4.85. The van der Waals surface area contributed by atoms with Gasteiger partial charge in [-0.15, -0.1) is 11.3 Å². The second-order valence-corrected chi connectivity index (χ2v) is 6.05. The Kier molecular flexibility index (Phi) is 7.17. The minimum absolute atomic E-state index is 0.0419. The molecule has 0 aromatic carbocycles. The summed E-state index contributed by atoms with van der Waals surface area (Å²) in [6.07, 6.45) is -2.75. The first-order valence-electron chi connectivity index (χ1n) is 6.79. The van der Waals surface area contributed by atoms with Gasteiger partial charge in [-0.2, -0.15) is 13.2 Å². The van der Waals surface area contributed by atoms with Crippen molar-refractivity contribution in [1.29, 1.82) is 0 Å². The Bertz CT molecular complexity index is 446.